The molecular weight excluding hydrogens is 453 g/mol. The molecule has 0 fully saturated rings. The van der Waals surface area contributed by atoms with Crippen LogP contribution in [0.5, 0.6) is 5.75 Å². The zero-order valence-corrected chi connectivity index (χ0v) is 19.3. The van der Waals surface area contributed by atoms with Crippen LogP contribution in [0.15, 0.2) is 54.7 Å². The van der Waals surface area contributed by atoms with Crippen molar-refractivity contribution in [1.82, 2.24) is 9.97 Å². The SMILES string of the molecule is Cc1ccc(C)c2sc(N(Cc3ccccn3)C(=O)COc3ccc(Cl)cc3Cl)nc12. The van der Waals surface area contributed by atoms with Crippen molar-refractivity contribution in [3.63, 3.8) is 0 Å². The Morgan fingerprint density at radius 1 is 1.10 bits per heavy atom. The fourth-order valence-electron chi connectivity index (χ4n) is 3.09. The van der Waals surface area contributed by atoms with Crippen LogP contribution in [0.2, 0.25) is 10.0 Å². The first-order chi connectivity index (χ1) is 14.9. The minimum atomic E-state index is -0.244. The van der Waals surface area contributed by atoms with Crippen molar-refractivity contribution in [2.75, 3.05) is 11.5 Å². The molecule has 0 saturated heterocycles. The molecular formula is C23H19Cl2N3O2S. The summed E-state index contributed by atoms with van der Waals surface area (Å²) in [7, 11) is 0. The highest BCUT2D eigenvalue weighted by Crippen LogP contribution is 2.34. The van der Waals surface area contributed by atoms with E-state index in [-0.39, 0.29) is 19.1 Å². The fourth-order valence-corrected chi connectivity index (χ4v) is 4.68. The molecule has 158 valence electrons. The molecule has 0 bridgehead atoms. The molecule has 0 spiro atoms. The van der Waals surface area contributed by atoms with Gasteiger partial charge in [-0.15, -0.1) is 0 Å². The van der Waals surface area contributed by atoms with Crippen LogP contribution in [-0.4, -0.2) is 22.5 Å². The summed E-state index contributed by atoms with van der Waals surface area (Å²) in [4.78, 5) is 24.0. The second-order valence-corrected chi connectivity index (χ2v) is 8.86. The summed E-state index contributed by atoms with van der Waals surface area (Å²) in [6.07, 6.45) is 1.70. The average Bonchev–Trinajstić information content (AvgIpc) is 3.21. The standard InChI is InChI=1S/C23H19Cl2N3O2S/c1-14-6-7-15(2)22-21(14)27-23(31-22)28(12-17-5-3-4-10-26-17)20(29)13-30-19-9-8-16(24)11-18(19)25/h3-11H,12-13H2,1-2H3. The van der Waals surface area contributed by atoms with Gasteiger partial charge in [-0.25, -0.2) is 4.98 Å². The molecule has 0 atom stereocenters. The van der Waals surface area contributed by atoms with Gasteiger partial charge in [0.1, 0.15) is 5.75 Å². The van der Waals surface area contributed by atoms with Crippen LogP contribution in [0, 0.1) is 13.8 Å². The molecule has 2 aromatic carbocycles. The monoisotopic (exact) mass is 471 g/mol. The normalized spacial score (nSPS) is 11.0. The Labute approximate surface area is 194 Å². The number of nitrogens with zero attached hydrogens (tertiary/aromatic N) is 3. The number of pyridine rings is 1. The molecule has 4 aromatic rings. The van der Waals surface area contributed by atoms with Crippen LogP contribution in [0.1, 0.15) is 16.8 Å². The lowest BCUT2D eigenvalue weighted by atomic mass is 10.1. The molecule has 0 aliphatic rings. The number of fused-ring (bicyclic) bond motifs is 1. The quantitative estimate of drug-likeness (QED) is 0.334. The van der Waals surface area contributed by atoms with Gasteiger partial charge in [0.2, 0.25) is 0 Å². The molecule has 31 heavy (non-hydrogen) atoms. The summed E-state index contributed by atoms with van der Waals surface area (Å²) in [5, 5.41) is 1.46. The van der Waals surface area contributed by atoms with E-state index in [0.717, 1.165) is 27.0 Å². The highest BCUT2D eigenvalue weighted by Gasteiger charge is 2.22. The lowest BCUT2D eigenvalue weighted by Crippen LogP contribution is -2.34. The number of carbonyl (C=O) groups excluding carboxylic acids is 1. The molecule has 0 N–H and O–H groups in total. The topological polar surface area (TPSA) is 55.3 Å². The Balaban J connectivity index is 1.65. The second-order valence-electron chi connectivity index (χ2n) is 7.04. The Kier molecular flexibility index (Phi) is 6.41. The van der Waals surface area contributed by atoms with E-state index in [9.17, 15) is 4.79 Å². The summed E-state index contributed by atoms with van der Waals surface area (Å²) in [6, 6.07) is 14.6. The minimum absolute atomic E-state index is 0.192. The smallest absolute Gasteiger partial charge is 0.267 e. The fraction of sp³-hybridized carbons (Fsp3) is 0.174. The Morgan fingerprint density at radius 3 is 2.61 bits per heavy atom. The average molecular weight is 472 g/mol. The van der Waals surface area contributed by atoms with Crippen LogP contribution in [-0.2, 0) is 11.3 Å². The van der Waals surface area contributed by atoms with Crippen LogP contribution >= 0.6 is 34.5 Å². The van der Waals surface area contributed by atoms with Crippen LogP contribution in [0.25, 0.3) is 10.2 Å². The molecule has 2 aromatic heterocycles. The first kappa shape index (κ1) is 21.6. The summed E-state index contributed by atoms with van der Waals surface area (Å²) in [5.74, 6) is 0.152. The summed E-state index contributed by atoms with van der Waals surface area (Å²) < 4.78 is 6.76. The maximum absolute atomic E-state index is 13.2. The maximum Gasteiger partial charge on any atom is 0.267 e. The number of carbonyl (C=O) groups is 1. The van der Waals surface area contributed by atoms with Gasteiger partial charge in [-0.2, -0.15) is 0 Å². The minimum Gasteiger partial charge on any atom is -0.482 e. The Hall–Kier alpha value is -2.67. The third-order valence-corrected chi connectivity index (χ3v) is 6.50. The molecule has 0 aliphatic heterocycles. The lowest BCUT2D eigenvalue weighted by Gasteiger charge is -2.20. The van der Waals surface area contributed by atoms with Gasteiger partial charge in [-0.3, -0.25) is 14.7 Å². The van der Waals surface area contributed by atoms with Gasteiger partial charge in [-0.05, 0) is 55.3 Å². The number of halogens is 2. The van der Waals surface area contributed by atoms with Gasteiger partial charge >= 0.3 is 0 Å². The van der Waals surface area contributed by atoms with Crippen molar-refractivity contribution in [2.24, 2.45) is 0 Å². The van der Waals surface area contributed by atoms with Gasteiger partial charge in [0.05, 0.1) is 27.5 Å². The number of anilines is 1. The third-order valence-electron chi connectivity index (χ3n) is 4.75. The summed E-state index contributed by atoms with van der Waals surface area (Å²) in [6.45, 7) is 4.15. The third kappa shape index (κ3) is 4.82. The number of aromatic nitrogens is 2. The van der Waals surface area contributed by atoms with Gasteiger partial charge in [0, 0.05) is 11.2 Å². The van der Waals surface area contributed by atoms with Crippen LogP contribution in [0.4, 0.5) is 5.13 Å². The number of rotatable bonds is 6. The number of ether oxygens (including phenoxy) is 1. The van der Waals surface area contributed by atoms with Crippen molar-refractivity contribution in [1.29, 1.82) is 0 Å². The largest absolute Gasteiger partial charge is 0.482 e. The van der Waals surface area contributed by atoms with E-state index in [2.05, 4.69) is 11.1 Å². The highest BCUT2D eigenvalue weighted by atomic mass is 35.5. The number of hydrogen-bond donors (Lipinski definition) is 0. The number of aryl methyl sites for hydroxylation is 2. The molecule has 8 heteroatoms. The molecule has 5 nitrogen and oxygen atoms in total. The number of amides is 1. The Morgan fingerprint density at radius 2 is 1.90 bits per heavy atom. The van der Waals surface area contributed by atoms with Crippen molar-refractivity contribution in [3.8, 4) is 5.75 Å². The van der Waals surface area contributed by atoms with E-state index in [1.54, 1.807) is 29.3 Å². The van der Waals surface area contributed by atoms with Crippen LogP contribution in [0.3, 0.4) is 0 Å². The number of benzene rings is 2. The van der Waals surface area contributed by atoms with E-state index in [1.807, 2.05) is 38.1 Å². The lowest BCUT2D eigenvalue weighted by molar-refractivity contribution is -0.120. The van der Waals surface area contributed by atoms with E-state index in [1.165, 1.54) is 11.3 Å². The molecule has 0 unspecified atom stereocenters. The molecule has 0 saturated carbocycles. The predicted molar refractivity (Wildman–Crippen MR) is 126 cm³/mol. The molecule has 4 rings (SSSR count). The Bertz CT molecular complexity index is 1210. The van der Waals surface area contributed by atoms with E-state index >= 15 is 0 Å². The first-order valence-electron chi connectivity index (χ1n) is 9.57. The molecule has 0 aliphatic carbocycles. The first-order valence-corrected chi connectivity index (χ1v) is 11.1. The number of hydrogen-bond acceptors (Lipinski definition) is 5. The second kappa shape index (κ2) is 9.22. The molecule has 2 heterocycles. The van der Waals surface area contributed by atoms with Crippen molar-refractivity contribution >= 4 is 55.8 Å². The zero-order valence-electron chi connectivity index (χ0n) is 16.9. The van der Waals surface area contributed by atoms with Gasteiger partial charge in [0.25, 0.3) is 5.91 Å². The predicted octanol–water partition coefficient (Wildman–Crippen LogP) is 6.23. The van der Waals surface area contributed by atoms with Crippen molar-refractivity contribution in [2.45, 2.75) is 20.4 Å². The molecule has 1 amide bonds. The molecule has 0 radical (unpaired) electrons. The van der Waals surface area contributed by atoms with E-state index < -0.39 is 0 Å². The van der Waals surface area contributed by atoms with Gasteiger partial charge in [0.15, 0.2) is 11.7 Å². The summed E-state index contributed by atoms with van der Waals surface area (Å²) >= 11 is 13.6. The van der Waals surface area contributed by atoms with Crippen molar-refractivity contribution < 1.29 is 9.53 Å². The number of thiazole rings is 1. The van der Waals surface area contributed by atoms with Gasteiger partial charge in [-0.1, -0.05) is 52.7 Å². The van der Waals surface area contributed by atoms with Crippen LogP contribution < -0.4 is 9.64 Å². The van der Waals surface area contributed by atoms with E-state index in [4.69, 9.17) is 32.9 Å². The zero-order chi connectivity index (χ0) is 22.0. The van der Waals surface area contributed by atoms with Gasteiger partial charge < -0.3 is 4.74 Å². The van der Waals surface area contributed by atoms with E-state index in [0.29, 0.717) is 20.9 Å². The summed E-state index contributed by atoms with van der Waals surface area (Å²) in [5.41, 5.74) is 3.85. The highest BCUT2D eigenvalue weighted by molar-refractivity contribution is 7.22. The maximum atomic E-state index is 13.2. The van der Waals surface area contributed by atoms with Crippen molar-refractivity contribution in [3.05, 3.63) is 81.6 Å².